The zero-order valence-corrected chi connectivity index (χ0v) is 17.5. The first-order valence-electron chi connectivity index (χ1n) is 9.81. The molecule has 3 aromatic carbocycles. The molecule has 0 fully saturated rings. The quantitative estimate of drug-likeness (QED) is 0.209. The Morgan fingerprint density at radius 3 is 1.76 bits per heavy atom. The molecule has 0 radical (unpaired) electrons. The fourth-order valence-corrected chi connectivity index (χ4v) is 3.09. The minimum Gasteiger partial charge on any atom is -0.206 e. The highest BCUT2D eigenvalue weighted by Gasteiger charge is 2.23. The average Bonchev–Trinajstić information content (AvgIpc) is 2.71. The summed E-state index contributed by atoms with van der Waals surface area (Å²) in [6, 6.07) is 11.0. The summed E-state index contributed by atoms with van der Waals surface area (Å²) in [5.74, 6) is -1.92. The molecular formula is C26H17F7. The highest BCUT2D eigenvalue weighted by Crippen LogP contribution is 2.27. The van der Waals surface area contributed by atoms with Gasteiger partial charge in [0.15, 0.2) is 0 Å². The van der Waals surface area contributed by atoms with Crippen LogP contribution in [0.15, 0.2) is 48.5 Å². The predicted octanol–water partition coefficient (Wildman–Crippen LogP) is 8.12. The molecule has 0 N–H and O–H groups in total. The minimum absolute atomic E-state index is 0.144. The van der Waals surface area contributed by atoms with Crippen LogP contribution in [0.5, 0.6) is 0 Å². The fourth-order valence-electron chi connectivity index (χ4n) is 3.09. The highest BCUT2D eigenvalue weighted by atomic mass is 19.4. The molecule has 0 heterocycles. The van der Waals surface area contributed by atoms with Crippen LogP contribution in [0.4, 0.5) is 30.7 Å². The normalized spacial score (nSPS) is 11.7. The molecule has 0 spiro atoms. The van der Waals surface area contributed by atoms with Crippen LogP contribution < -0.4 is 0 Å². The number of rotatable bonds is 4. The van der Waals surface area contributed by atoms with E-state index in [1.165, 1.54) is 5.92 Å². The van der Waals surface area contributed by atoms with E-state index in [-0.39, 0.29) is 5.56 Å². The number of hydrogen-bond donors (Lipinski definition) is 0. The highest BCUT2D eigenvalue weighted by molar-refractivity contribution is 5.73. The summed E-state index contributed by atoms with van der Waals surface area (Å²) in [4.78, 5) is 0. The van der Waals surface area contributed by atoms with Crippen LogP contribution in [0.2, 0.25) is 0 Å². The number of hydrogen-bond acceptors (Lipinski definition) is 0. The van der Waals surface area contributed by atoms with Crippen molar-refractivity contribution in [3.63, 3.8) is 0 Å². The standard InChI is InChI=1S/C26H17F7/c1-15(2)17-4-6-18(7-5-17)19-13-24(29)20(25(30)14-19)8-3-16-11-22(27)21(23(28)12-16)9-10-26(31,32)33/h3-8,11-15H,1-2H3/b8-3+. The third-order valence-corrected chi connectivity index (χ3v) is 4.83. The van der Waals surface area contributed by atoms with Gasteiger partial charge in [-0.2, -0.15) is 13.2 Å². The van der Waals surface area contributed by atoms with Gasteiger partial charge in [-0.3, -0.25) is 0 Å². The van der Waals surface area contributed by atoms with E-state index in [4.69, 9.17) is 0 Å². The Bertz CT molecular complexity index is 1210. The lowest BCUT2D eigenvalue weighted by Crippen LogP contribution is -2.02. The third kappa shape index (κ3) is 6.04. The zero-order valence-electron chi connectivity index (χ0n) is 17.5. The zero-order chi connectivity index (χ0) is 24.3. The molecule has 3 rings (SSSR count). The Kier molecular flexibility index (Phi) is 6.97. The van der Waals surface area contributed by atoms with Gasteiger partial charge >= 0.3 is 6.18 Å². The van der Waals surface area contributed by atoms with Gasteiger partial charge in [0.2, 0.25) is 0 Å². The second-order valence-electron chi connectivity index (χ2n) is 7.57. The smallest absolute Gasteiger partial charge is 0.206 e. The lowest BCUT2D eigenvalue weighted by molar-refractivity contribution is -0.0696. The average molecular weight is 462 g/mol. The van der Waals surface area contributed by atoms with Gasteiger partial charge in [-0.05, 0) is 58.5 Å². The van der Waals surface area contributed by atoms with Crippen LogP contribution in [0.3, 0.4) is 0 Å². The number of benzene rings is 3. The first kappa shape index (κ1) is 24.1. The molecule has 0 saturated heterocycles. The van der Waals surface area contributed by atoms with Gasteiger partial charge < -0.3 is 0 Å². The Balaban J connectivity index is 1.89. The van der Waals surface area contributed by atoms with E-state index in [0.29, 0.717) is 17.0 Å². The van der Waals surface area contributed by atoms with Gasteiger partial charge in [-0.25, -0.2) is 17.6 Å². The van der Waals surface area contributed by atoms with Crippen LogP contribution in [0, 0.1) is 35.1 Å². The van der Waals surface area contributed by atoms with E-state index in [2.05, 4.69) is 0 Å². The summed E-state index contributed by atoms with van der Waals surface area (Å²) in [5.41, 5.74) is 0.396. The van der Waals surface area contributed by atoms with Crippen molar-refractivity contribution < 1.29 is 30.7 Å². The first-order chi connectivity index (χ1) is 15.4. The Morgan fingerprint density at radius 2 is 1.27 bits per heavy atom. The molecule has 0 aromatic heterocycles. The van der Waals surface area contributed by atoms with Crippen molar-refractivity contribution in [1.82, 2.24) is 0 Å². The van der Waals surface area contributed by atoms with Crippen molar-refractivity contribution in [3.05, 3.63) is 94.1 Å². The summed E-state index contributed by atoms with van der Waals surface area (Å²) >= 11 is 0. The molecule has 0 amide bonds. The third-order valence-electron chi connectivity index (χ3n) is 4.83. The van der Waals surface area contributed by atoms with Gasteiger partial charge in [0.05, 0.1) is 5.56 Å². The lowest BCUT2D eigenvalue weighted by atomic mass is 9.97. The van der Waals surface area contributed by atoms with Crippen LogP contribution in [0.25, 0.3) is 23.3 Å². The summed E-state index contributed by atoms with van der Waals surface area (Å²) in [5, 5.41) is 0. The monoisotopic (exact) mass is 462 g/mol. The second-order valence-corrected chi connectivity index (χ2v) is 7.57. The summed E-state index contributed by atoms with van der Waals surface area (Å²) in [6.07, 6.45) is -2.87. The van der Waals surface area contributed by atoms with E-state index in [9.17, 15) is 30.7 Å². The van der Waals surface area contributed by atoms with E-state index in [1.54, 1.807) is 12.1 Å². The first-order valence-corrected chi connectivity index (χ1v) is 9.81. The maximum Gasteiger partial charge on any atom is 0.458 e. The molecule has 0 unspecified atom stereocenters. The van der Waals surface area contributed by atoms with E-state index >= 15 is 0 Å². The molecule has 0 saturated carbocycles. The van der Waals surface area contributed by atoms with Gasteiger partial charge in [-0.15, -0.1) is 0 Å². The second kappa shape index (κ2) is 9.53. The van der Waals surface area contributed by atoms with Crippen LogP contribution in [0.1, 0.15) is 42.0 Å². The molecule has 0 aliphatic rings. The van der Waals surface area contributed by atoms with Crippen molar-refractivity contribution in [3.8, 4) is 23.0 Å². The molecule has 0 bridgehead atoms. The van der Waals surface area contributed by atoms with Gasteiger partial charge in [-0.1, -0.05) is 50.1 Å². The molecule has 33 heavy (non-hydrogen) atoms. The van der Waals surface area contributed by atoms with Crippen molar-refractivity contribution in [1.29, 1.82) is 0 Å². The maximum atomic E-state index is 14.6. The topological polar surface area (TPSA) is 0 Å². The summed E-state index contributed by atoms with van der Waals surface area (Å²) < 4.78 is 93.6. The minimum atomic E-state index is -4.91. The molecule has 0 atom stereocenters. The molecule has 3 aromatic rings. The predicted molar refractivity (Wildman–Crippen MR) is 114 cm³/mol. The van der Waals surface area contributed by atoms with Crippen molar-refractivity contribution >= 4 is 12.2 Å². The van der Waals surface area contributed by atoms with E-state index in [1.807, 2.05) is 26.0 Å². The Labute approximate surface area is 186 Å². The Morgan fingerprint density at radius 1 is 0.727 bits per heavy atom. The molecular weight excluding hydrogens is 445 g/mol. The van der Waals surface area contributed by atoms with E-state index < -0.39 is 40.6 Å². The number of alkyl halides is 3. The molecule has 170 valence electrons. The Hall–Kier alpha value is -3.53. The van der Waals surface area contributed by atoms with E-state index in [0.717, 1.165) is 47.9 Å². The summed E-state index contributed by atoms with van der Waals surface area (Å²) in [7, 11) is 0. The molecule has 0 aliphatic carbocycles. The molecule has 0 aliphatic heterocycles. The maximum absolute atomic E-state index is 14.6. The van der Waals surface area contributed by atoms with Crippen molar-refractivity contribution in [2.24, 2.45) is 0 Å². The summed E-state index contributed by atoms with van der Waals surface area (Å²) in [6.45, 7) is 4.05. The SMILES string of the molecule is CC(C)c1ccc(-c2cc(F)c(/C=C/c3cc(F)c(C#CC(F)(F)F)c(F)c3)c(F)c2)cc1. The number of halogens is 7. The largest absolute Gasteiger partial charge is 0.458 e. The van der Waals surface area contributed by atoms with Gasteiger partial charge in [0, 0.05) is 11.5 Å². The van der Waals surface area contributed by atoms with Crippen LogP contribution >= 0.6 is 0 Å². The fraction of sp³-hybridized carbons (Fsp3) is 0.154. The molecule has 7 heteroatoms. The van der Waals surface area contributed by atoms with Gasteiger partial charge in [0.1, 0.15) is 23.3 Å². The van der Waals surface area contributed by atoms with Gasteiger partial charge in [0.25, 0.3) is 0 Å². The lowest BCUT2D eigenvalue weighted by Gasteiger charge is -2.09. The van der Waals surface area contributed by atoms with Crippen LogP contribution in [-0.4, -0.2) is 6.18 Å². The van der Waals surface area contributed by atoms with Crippen molar-refractivity contribution in [2.75, 3.05) is 0 Å². The van der Waals surface area contributed by atoms with Crippen molar-refractivity contribution in [2.45, 2.75) is 25.9 Å². The van der Waals surface area contributed by atoms with Crippen LogP contribution in [-0.2, 0) is 0 Å². The molecule has 0 nitrogen and oxygen atoms in total.